The Morgan fingerprint density at radius 1 is 1.20 bits per heavy atom. The Morgan fingerprint density at radius 2 is 1.95 bits per heavy atom. The molecular formula is C16H10BrNO2. The van der Waals surface area contributed by atoms with Crippen LogP contribution >= 0.6 is 15.9 Å². The zero-order valence-corrected chi connectivity index (χ0v) is 12.0. The number of halogens is 1. The highest BCUT2D eigenvalue weighted by molar-refractivity contribution is 9.10. The molecule has 0 aliphatic heterocycles. The molecule has 98 valence electrons. The van der Waals surface area contributed by atoms with E-state index in [4.69, 9.17) is 10.00 Å². The summed E-state index contributed by atoms with van der Waals surface area (Å²) < 4.78 is 6.06. The Morgan fingerprint density at radius 3 is 2.60 bits per heavy atom. The summed E-state index contributed by atoms with van der Waals surface area (Å²) >= 11 is 3.36. The third-order valence-corrected chi connectivity index (χ3v) is 2.96. The topological polar surface area (TPSA) is 50.1 Å². The van der Waals surface area contributed by atoms with Crippen LogP contribution in [0.2, 0.25) is 0 Å². The third-order valence-electron chi connectivity index (χ3n) is 2.46. The molecule has 0 aliphatic carbocycles. The van der Waals surface area contributed by atoms with E-state index in [1.165, 1.54) is 6.08 Å². The number of rotatable bonds is 3. The molecule has 2 aromatic rings. The third kappa shape index (κ3) is 4.08. The molecule has 0 aliphatic rings. The van der Waals surface area contributed by atoms with Crippen molar-refractivity contribution in [2.24, 2.45) is 0 Å². The zero-order chi connectivity index (χ0) is 14.4. The summed E-state index contributed by atoms with van der Waals surface area (Å²) in [6, 6.07) is 15.9. The molecule has 0 heterocycles. The summed E-state index contributed by atoms with van der Waals surface area (Å²) in [7, 11) is 0. The second kappa shape index (κ2) is 6.69. The van der Waals surface area contributed by atoms with Crippen LogP contribution in [0, 0.1) is 11.3 Å². The van der Waals surface area contributed by atoms with Crippen LogP contribution in [0.25, 0.3) is 6.08 Å². The molecular weight excluding hydrogens is 318 g/mol. The van der Waals surface area contributed by atoms with Crippen molar-refractivity contribution in [2.75, 3.05) is 0 Å². The number of esters is 1. The summed E-state index contributed by atoms with van der Waals surface area (Å²) in [5.74, 6) is -0.0532. The van der Waals surface area contributed by atoms with Crippen LogP contribution in [0.5, 0.6) is 5.75 Å². The van der Waals surface area contributed by atoms with Gasteiger partial charge in [0.2, 0.25) is 0 Å². The van der Waals surface area contributed by atoms with E-state index >= 15 is 0 Å². The molecule has 0 spiro atoms. The zero-order valence-electron chi connectivity index (χ0n) is 10.4. The van der Waals surface area contributed by atoms with E-state index in [1.807, 2.05) is 30.3 Å². The highest BCUT2D eigenvalue weighted by atomic mass is 79.9. The predicted molar refractivity (Wildman–Crippen MR) is 80.0 cm³/mol. The average molecular weight is 328 g/mol. The minimum atomic E-state index is -0.463. The van der Waals surface area contributed by atoms with Crippen molar-refractivity contribution in [1.29, 1.82) is 5.26 Å². The molecule has 0 aromatic heterocycles. The van der Waals surface area contributed by atoms with E-state index in [1.54, 1.807) is 30.3 Å². The maximum atomic E-state index is 11.6. The first-order chi connectivity index (χ1) is 9.67. The van der Waals surface area contributed by atoms with E-state index in [2.05, 4.69) is 15.9 Å². The van der Waals surface area contributed by atoms with Crippen molar-refractivity contribution in [1.82, 2.24) is 0 Å². The normalized spacial score (nSPS) is 10.2. The molecule has 0 unspecified atom stereocenters. The van der Waals surface area contributed by atoms with E-state index in [0.717, 1.165) is 10.0 Å². The van der Waals surface area contributed by atoms with Gasteiger partial charge in [-0.2, -0.15) is 5.26 Å². The van der Waals surface area contributed by atoms with Gasteiger partial charge in [0.25, 0.3) is 0 Å². The van der Waals surface area contributed by atoms with Gasteiger partial charge in [-0.1, -0.05) is 28.1 Å². The van der Waals surface area contributed by atoms with E-state index in [9.17, 15) is 4.79 Å². The largest absolute Gasteiger partial charge is 0.423 e. The number of nitriles is 1. The van der Waals surface area contributed by atoms with Crippen molar-refractivity contribution >= 4 is 28.0 Å². The van der Waals surface area contributed by atoms with Gasteiger partial charge in [0.1, 0.15) is 5.75 Å². The van der Waals surface area contributed by atoms with Crippen LogP contribution in [-0.4, -0.2) is 5.97 Å². The minimum Gasteiger partial charge on any atom is -0.423 e. The van der Waals surface area contributed by atoms with Crippen LogP contribution in [0.15, 0.2) is 59.1 Å². The smallest absolute Gasteiger partial charge is 0.336 e. The monoisotopic (exact) mass is 327 g/mol. The number of hydrogen-bond acceptors (Lipinski definition) is 3. The van der Waals surface area contributed by atoms with Gasteiger partial charge in [-0.15, -0.1) is 0 Å². The molecule has 0 amide bonds. The molecule has 0 radical (unpaired) electrons. The number of ether oxygens (including phenoxy) is 1. The second-order valence-corrected chi connectivity index (χ2v) is 4.86. The molecule has 0 bridgehead atoms. The van der Waals surface area contributed by atoms with Gasteiger partial charge >= 0.3 is 5.97 Å². The van der Waals surface area contributed by atoms with Crippen molar-refractivity contribution in [3.05, 3.63) is 70.2 Å². The lowest BCUT2D eigenvalue weighted by Crippen LogP contribution is -2.03. The lowest BCUT2D eigenvalue weighted by atomic mass is 10.2. The summed E-state index contributed by atoms with van der Waals surface area (Å²) in [5, 5.41) is 8.67. The predicted octanol–water partition coefficient (Wildman–Crippen LogP) is 3.94. The number of nitrogens with zero attached hydrogens (tertiary/aromatic N) is 1. The Hall–Kier alpha value is -2.38. The molecule has 0 atom stereocenters. The van der Waals surface area contributed by atoms with E-state index in [-0.39, 0.29) is 0 Å². The van der Waals surface area contributed by atoms with Gasteiger partial charge in [-0.3, -0.25) is 0 Å². The molecule has 0 N–H and O–H groups in total. The fourth-order valence-corrected chi connectivity index (χ4v) is 1.94. The molecule has 0 fully saturated rings. The minimum absolute atomic E-state index is 0.410. The Balaban J connectivity index is 2.00. The van der Waals surface area contributed by atoms with Crippen molar-refractivity contribution in [2.45, 2.75) is 0 Å². The number of benzene rings is 2. The maximum absolute atomic E-state index is 11.6. The molecule has 2 rings (SSSR count). The summed E-state index contributed by atoms with van der Waals surface area (Å²) in [4.78, 5) is 11.6. The van der Waals surface area contributed by atoms with Gasteiger partial charge in [0.05, 0.1) is 11.6 Å². The summed E-state index contributed by atoms with van der Waals surface area (Å²) in [5.41, 5.74) is 1.42. The summed E-state index contributed by atoms with van der Waals surface area (Å²) in [6.45, 7) is 0. The summed E-state index contributed by atoms with van der Waals surface area (Å²) in [6.07, 6.45) is 3.04. The maximum Gasteiger partial charge on any atom is 0.336 e. The first-order valence-corrected chi connectivity index (χ1v) is 6.62. The fourth-order valence-electron chi connectivity index (χ4n) is 1.52. The fraction of sp³-hybridized carbons (Fsp3) is 0. The Labute approximate surface area is 125 Å². The first-order valence-electron chi connectivity index (χ1n) is 5.83. The molecule has 0 saturated heterocycles. The van der Waals surface area contributed by atoms with Gasteiger partial charge in [0, 0.05) is 10.5 Å². The molecule has 3 nitrogen and oxygen atoms in total. The Bertz CT molecular complexity index is 684. The number of carbonyl (C=O) groups excluding carboxylic acids is 1. The van der Waals surface area contributed by atoms with Gasteiger partial charge in [-0.05, 0) is 48.0 Å². The van der Waals surface area contributed by atoms with Crippen molar-refractivity contribution in [3.8, 4) is 11.8 Å². The average Bonchev–Trinajstić information content (AvgIpc) is 2.46. The van der Waals surface area contributed by atoms with Crippen LogP contribution in [0.3, 0.4) is 0 Å². The molecule has 20 heavy (non-hydrogen) atoms. The highest BCUT2D eigenvalue weighted by Gasteiger charge is 2.00. The lowest BCUT2D eigenvalue weighted by molar-refractivity contribution is -0.128. The molecule has 2 aromatic carbocycles. The van der Waals surface area contributed by atoms with Crippen LogP contribution in [-0.2, 0) is 4.79 Å². The van der Waals surface area contributed by atoms with Gasteiger partial charge < -0.3 is 4.74 Å². The quantitative estimate of drug-likeness (QED) is 0.487. The molecule has 4 heteroatoms. The number of hydrogen-bond donors (Lipinski definition) is 0. The van der Waals surface area contributed by atoms with E-state index < -0.39 is 5.97 Å². The van der Waals surface area contributed by atoms with Crippen molar-refractivity contribution < 1.29 is 9.53 Å². The SMILES string of the molecule is N#Cc1ccc(OC(=O)/C=C/c2cccc(Br)c2)cc1. The lowest BCUT2D eigenvalue weighted by Gasteiger charge is -2.00. The standard InChI is InChI=1S/C16H10BrNO2/c17-14-3-1-2-12(10-14)6-9-16(19)20-15-7-4-13(11-18)5-8-15/h1-10H/b9-6+. The van der Waals surface area contributed by atoms with Crippen LogP contribution in [0.4, 0.5) is 0 Å². The molecule has 0 saturated carbocycles. The highest BCUT2D eigenvalue weighted by Crippen LogP contribution is 2.14. The van der Waals surface area contributed by atoms with Gasteiger partial charge in [0.15, 0.2) is 0 Å². The number of carbonyl (C=O) groups is 1. The van der Waals surface area contributed by atoms with Crippen molar-refractivity contribution in [3.63, 3.8) is 0 Å². The first kappa shape index (κ1) is 14.0. The van der Waals surface area contributed by atoms with Crippen LogP contribution < -0.4 is 4.74 Å². The van der Waals surface area contributed by atoms with Crippen LogP contribution in [0.1, 0.15) is 11.1 Å². The van der Waals surface area contributed by atoms with E-state index in [0.29, 0.717) is 11.3 Å². The Kier molecular flexibility index (Phi) is 4.70. The van der Waals surface area contributed by atoms with Gasteiger partial charge in [-0.25, -0.2) is 4.79 Å². The second-order valence-electron chi connectivity index (χ2n) is 3.95.